The van der Waals surface area contributed by atoms with Gasteiger partial charge in [0.05, 0.1) is 5.69 Å². The number of piperidine rings is 1. The molecule has 3 aromatic rings. The van der Waals surface area contributed by atoms with E-state index in [4.69, 9.17) is 4.98 Å². The second-order valence-corrected chi connectivity index (χ2v) is 7.63. The maximum atomic E-state index is 5.00. The minimum Gasteiger partial charge on any atom is -0.297 e. The SMILES string of the molecule is CC(C)c1nccn1-c1cccc([C@H]2CCCN(Cc3ccccn3)C2)n1. The van der Waals surface area contributed by atoms with E-state index in [-0.39, 0.29) is 0 Å². The van der Waals surface area contributed by atoms with Gasteiger partial charge in [0, 0.05) is 49.2 Å². The van der Waals surface area contributed by atoms with Crippen molar-refractivity contribution in [2.45, 2.75) is 45.1 Å². The molecule has 5 nitrogen and oxygen atoms in total. The van der Waals surface area contributed by atoms with Gasteiger partial charge in [-0.25, -0.2) is 9.97 Å². The molecule has 4 heterocycles. The van der Waals surface area contributed by atoms with E-state index in [1.807, 2.05) is 24.7 Å². The fourth-order valence-electron chi connectivity index (χ4n) is 3.90. The highest BCUT2D eigenvalue weighted by Crippen LogP contribution is 2.27. The van der Waals surface area contributed by atoms with E-state index in [2.05, 4.69) is 63.6 Å². The maximum Gasteiger partial charge on any atom is 0.138 e. The molecule has 1 saturated heterocycles. The Kier molecular flexibility index (Phi) is 5.30. The lowest BCUT2D eigenvalue weighted by atomic mass is 9.94. The number of likely N-dealkylation sites (tertiary alicyclic amines) is 1. The van der Waals surface area contributed by atoms with Crippen LogP contribution in [0, 0.1) is 0 Å². The van der Waals surface area contributed by atoms with Crippen LogP contribution in [0.2, 0.25) is 0 Å². The molecule has 1 aliphatic rings. The van der Waals surface area contributed by atoms with Crippen molar-refractivity contribution >= 4 is 0 Å². The molecule has 0 saturated carbocycles. The zero-order valence-corrected chi connectivity index (χ0v) is 16.1. The second-order valence-electron chi connectivity index (χ2n) is 7.63. The largest absolute Gasteiger partial charge is 0.297 e. The lowest BCUT2D eigenvalue weighted by Gasteiger charge is -2.32. The predicted octanol–water partition coefficient (Wildman–Crippen LogP) is 4.17. The summed E-state index contributed by atoms with van der Waals surface area (Å²) in [6.07, 6.45) is 8.13. The summed E-state index contributed by atoms with van der Waals surface area (Å²) in [6, 6.07) is 12.5. The summed E-state index contributed by atoms with van der Waals surface area (Å²) in [5.74, 6) is 2.86. The molecule has 0 aliphatic carbocycles. The van der Waals surface area contributed by atoms with Gasteiger partial charge in [0.25, 0.3) is 0 Å². The van der Waals surface area contributed by atoms with Crippen molar-refractivity contribution < 1.29 is 0 Å². The minimum atomic E-state index is 0.369. The van der Waals surface area contributed by atoms with Crippen LogP contribution < -0.4 is 0 Å². The number of pyridine rings is 2. The Labute approximate surface area is 161 Å². The molecule has 0 N–H and O–H groups in total. The summed E-state index contributed by atoms with van der Waals surface area (Å²) in [5, 5.41) is 0. The van der Waals surface area contributed by atoms with E-state index in [9.17, 15) is 0 Å². The number of hydrogen-bond donors (Lipinski definition) is 0. The first-order valence-corrected chi connectivity index (χ1v) is 9.83. The standard InChI is InChI=1S/C22H27N5/c1-17(2)22-24-12-14-27(22)21-10-5-9-20(25-21)18-7-6-13-26(15-18)16-19-8-3-4-11-23-19/h3-5,8-12,14,17-18H,6-7,13,15-16H2,1-2H3/t18-/m0/s1. The fraction of sp³-hybridized carbons (Fsp3) is 0.409. The Morgan fingerprint density at radius 2 is 2.00 bits per heavy atom. The van der Waals surface area contributed by atoms with Crippen molar-refractivity contribution in [1.82, 2.24) is 24.4 Å². The van der Waals surface area contributed by atoms with E-state index in [0.717, 1.165) is 37.0 Å². The zero-order chi connectivity index (χ0) is 18.6. The Morgan fingerprint density at radius 1 is 1.07 bits per heavy atom. The highest BCUT2D eigenvalue weighted by molar-refractivity contribution is 5.29. The van der Waals surface area contributed by atoms with Crippen molar-refractivity contribution in [3.05, 3.63) is 72.2 Å². The third-order valence-electron chi connectivity index (χ3n) is 5.22. The van der Waals surface area contributed by atoms with E-state index >= 15 is 0 Å². The highest BCUT2D eigenvalue weighted by Gasteiger charge is 2.23. The van der Waals surface area contributed by atoms with Crippen molar-refractivity contribution in [3.63, 3.8) is 0 Å². The van der Waals surface area contributed by atoms with Crippen LogP contribution in [0.4, 0.5) is 0 Å². The van der Waals surface area contributed by atoms with E-state index in [1.54, 1.807) is 0 Å². The van der Waals surface area contributed by atoms with Gasteiger partial charge in [0.15, 0.2) is 0 Å². The van der Waals surface area contributed by atoms with Crippen LogP contribution >= 0.6 is 0 Å². The van der Waals surface area contributed by atoms with Crippen LogP contribution in [-0.4, -0.2) is 37.5 Å². The Morgan fingerprint density at radius 3 is 2.81 bits per heavy atom. The molecule has 1 fully saturated rings. The van der Waals surface area contributed by atoms with Crippen molar-refractivity contribution in [2.75, 3.05) is 13.1 Å². The van der Waals surface area contributed by atoms with Gasteiger partial charge in [0.1, 0.15) is 11.6 Å². The first kappa shape index (κ1) is 17.9. The third-order valence-corrected chi connectivity index (χ3v) is 5.22. The molecule has 0 radical (unpaired) electrons. The smallest absolute Gasteiger partial charge is 0.138 e. The summed E-state index contributed by atoms with van der Waals surface area (Å²) in [7, 11) is 0. The molecule has 4 rings (SSSR count). The Bertz CT molecular complexity index is 871. The maximum absolute atomic E-state index is 5.00. The van der Waals surface area contributed by atoms with Crippen LogP contribution in [0.15, 0.2) is 55.0 Å². The molecule has 0 unspecified atom stereocenters. The quantitative estimate of drug-likeness (QED) is 0.684. The molecule has 0 spiro atoms. The average molecular weight is 361 g/mol. The van der Waals surface area contributed by atoms with Gasteiger partial charge >= 0.3 is 0 Å². The van der Waals surface area contributed by atoms with Crippen molar-refractivity contribution in [3.8, 4) is 5.82 Å². The normalized spacial score (nSPS) is 18.1. The van der Waals surface area contributed by atoms with Gasteiger partial charge in [-0.1, -0.05) is 26.0 Å². The molecule has 140 valence electrons. The summed E-state index contributed by atoms with van der Waals surface area (Å²) in [5.41, 5.74) is 2.32. The van der Waals surface area contributed by atoms with Gasteiger partial charge in [-0.3, -0.25) is 14.5 Å². The topological polar surface area (TPSA) is 46.8 Å². The van der Waals surface area contributed by atoms with Crippen LogP contribution in [0.25, 0.3) is 5.82 Å². The number of aromatic nitrogens is 4. The van der Waals surface area contributed by atoms with Crippen molar-refractivity contribution in [2.24, 2.45) is 0 Å². The van der Waals surface area contributed by atoms with Crippen LogP contribution in [0.1, 0.15) is 55.7 Å². The second kappa shape index (κ2) is 8.01. The lowest BCUT2D eigenvalue weighted by molar-refractivity contribution is 0.196. The summed E-state index contributed by atoms with van der Waals surface area (Å²) >= 11 is 0. The van der Waals surface area contributed by atoms with E-state index in [0.29, 0.717) is 11.8 Å². The molecule has 0 bridgehead atoms. The third kappa shape index (κ3) is 4.08. The van der Waals surface area contributed by atoms with E-state index < -0.39 is 0 Å². The average Bonchev–Trinajstić information content (AvgIpc) is 3.19. The highest BCUT2D eigenvalue weighted by atomic mass is 15.1. The summed E-state index contributed by atoms with van der Waals surface area (Å²) in [6.45, 7) is 7.41. The van der Waals surface area contributed by atoms with Gasteiger partial charge in [-0.2, -0.15) is 0 Å². The lowest BCUT2D eigenvalue weighted by Crippen LogP contribution is -2.34. The first-order valence-electron chi connectivity index (χ1n) is 9.83. The van der Waals surface area contributed by atoms with Gasteiger partial charge in [0.2, 0.25) is 0 Å². The predicted molar refractivity (Wildman–Crippen MR) is 107 cm³/mol. The molecule has 5 heteroatoms. The van der Waals surface area contributed by atoms with Gasteiger partial charge in [-0.15, -0.1) is 0 Å². The van der Waals surface area contributed by atoms with Gasteiger partial charge < -0.3 is 0 Å². The van der Waals surface area contributed by atoms with Crippen molar-refractivity contribution in [1.29, 1.82) is 0 Å². The van der Waals surface area contributed by atoms with Crippen LogP contribution in [-0.2, 0) is 6.54 Å². The van der Waals surface area contributed by atoms with Crippen LogP contribution in [0.3, 0.4) is 0 Å². The number of hydrogen-bond acceptors (Lipinski definition) is 4. The molecule has 0 amide bonds. The summed E-state index contributed by atoms with van der Waals surface area (Å²) in [4.78, 5) is 16.5. The van der Waals surface area contributed by atoms with Gasteiger partial charge in [-0.05, 0) is 43.7 Å². The number of rotatable bonds is 5. The number of imidazole rings is 1. The molecule has 27 heavy (non-hydrogen) atoms. The Hall–Kier alpha value is -2.53. The molecular formula is C22H27N5. The molecular weight excluding hydrogens is 334 g/mol. The van der Waals surface area contributed by atoms with Crippen LogP contribution in [0.5, 0.6) is 0 Å². The minimum absolute atomic E-state index is 0.369. The van der Waals surface area contributed by atoms with E-state index in [1.165, 1.54) is 18.5 Å². The monoisotopic (exact) mass is 361 g/mol. The molecule has 3 aromatic heterocycles. The Balaban J connectivity index is 1.52. The zero-order valence-electron chi connectivity index (χ0n) is 16.1. The molecule has 0 aromatic carbocycles. The molecule has 1 aliphatic heterocycles. The first-order chi connectivity index (χ1) is 13.2. The molecule has 1 atom stereocenters. The summed E-state index contributed by atoms with van der Waals surface area (Å²) < 4.78 is 2.11. The fourth-order valence-corrected chi connectivity index (χ4v) is 3.90. The number of nitrogens with zero attached hydrogens (tertiary/aromatic N) is 5.